The highest BCUT2D eigenvalue weighted by molar-refractivity contribution is 5.94. The number of amides is 1. The first-order chi connectivity index (χ1) is 11.1. The zero-order valence-corrected chi connectivity index (χ0v) is 16.5. The first kappa shape index (κ1) is 22.2. The largest absolute Gasteiger partial charge is 0.337 e. The standard InChI is InChI=1S/C18H28N4O.2ClH/c1-20-8-10-21(11-9-20)13-15-4-2-5-16(12-15)18(23)22-7-3-6-17(19)14-22;;/h2,4-5,12,17H,3,6-11,13-14,19H2,1H3;2*1H. The highest BCUT2D eigenvalue weighted by Gasteiger charge is 2.22. The van der Waals surface area contributed by atoms with E-state index in [0.717, 1.165) is 57.7 Å². The third-order valence-corrected chi connectivity index (χ3v) is 4.92. The van der Waals surface area contributed by atoms with Crippen LogP contribution in [0.3, 0.4) is 0 Å². The van der Waals surface area contributed by atoms with E-state index >= 15 is 0 Å². The Hall–Kier alpha value is -0.850. The molecular weight excluding hydrogens is 359 g/mol. The van der Waals surface area contributed by atoms with Gasteiger partial charge in [0.15, 0.2) is 0 Å². The van der Waals surface area contributed by atoms with Crippen molar-refractivity contribution in [3.8, 4) is 0 Å². The second kappa shape index (κ2) is 10.3. The Morgan fingerprint density at radius 2 is 1.88 bits per heavy atom. The number of hydrogen-bond acceptors (Lipinski definition) is 4. The third kappa shape index (κ3) is 6.12. The van der Waals surface area contributed by atoms with Crippen molar-refractivity contribution in [2.75, 3.05) is 46.3 Å². The lowest BCUT2D eigenvalue weighted by Gasteiger charge is -2.32. The predicted octanol–water partition coefficient (Wildman–Crippen LogP) is 1.84. The van der Waals surface area contributed by atoms with E-state index in [4.69, 9.17) is 5.73 Å². The molecule has 1 aromatic rings. The number of benzene rings is 1. The zero-order chi connectivity index (χ0) is 16.2. The number of hydrogen-bond donors (Lipinski definition) is 1. The molecule has 2 fully saturated rings. The Labute approximate surface area is 163 Å². The molecule has 0 saturated carbocycles. The van der Waals surface area contributed by atoms with Crippen LogP contribution in [0.25, 0.3) is 0 Å². The van der Waals surface area contributed by atoms with E-state index in [-0.39, 0.29) is 36.8 Å². The van der Waals surface area contributed by atoms with Gasteiger partial charge in [0.25, 0.3) is 5.91 Å². The first-order valence-corrected chi connectivity index (χ1v) is 8.66. The smallest absolute Gasteiger partial charge is 0.253 e. The average molecular weight is 389 g/mol. The van der Waals surface area contributed by atoms with E-state index in [1.165, 1.54) is 5.56 Å². The number of likely N-dealkylation sites (N-methyl/N-ethyl adjacent to an activating group) is 1. The molecule has 0 radical (unpaired) electrons. The molecule has 0 aliphatic carbocycles. The summed E-state index contributed by atoms with van der Waals surface area (Å²) in [6.07, 6.45) is 2.03. The SMILES string of the molecule is CN1CCN(Cc2cccc(C(=O)N3CCCC(N)C3)c2)CC1.Cl.Cl. The number of carbonyl (C=O) groups excluding carboxylic acids is 1. The highest BCUT2D eigenvalue weighted by Crippen LogP contribution is 2.15. The average Bonchev–Trinajstić information content (AvgIpc) is 2.56. The van der Waals surface area contributed by atoms with Gasteiger partial charge >= 0.3 is 0 Å². The molecule has 1 aromatic carbocycles. The van der Waals surface area contributed by atoms with Gasteiger partial charge in [0, 0.05) is 57.4 Å². The number of piperazine rings is 1. The molecule has 0 bridgehead atoms. The molecule has 1 atom stereocenters. The van der Waals surface area contributed by atoms with E-state index in [2.05, 4.69) is 29.0 Å². The summed E-state index contributed by atoms with van der Waals surface area (Å²) in [4.78, 5) is 19.4. The van der Waals surface area contributed by atoms with Crippen LogP contribution in [-0.2, 0) is 6.54 Å². The van der Waals surface area contributed by atoms with Crippen LogP contribution >= 0.6 is 24.8 Å². The topological polar surface area (TPSA) is 52.8 Å². The lowest BCUT2D eigenvalue weighted by atomic mass is 10.0. The van der Waals surface area contributed by atoms with Gasteiger partial charge in [0.1, 0.15) is 0 Å². The van der Waals surface area contributed by atoms with Gasteiger partial charge in [0.05, 0.1) is 0 Å². The molecule has 142 valence electrons. The number of halogens is 2. The monoisotopic (exact) mass is 388 g/mol. The minimum absolute atomic E-state index is 0. The number of rotatable bonds is 3. The fraction of sp³-hybridized carbons (Fsp3) is 0.611. The van der Waals surface area contributed by atoms with Gasteiger partial charge in [-0.3, -0.25) is 9.69 Å². The molecule has 5 nitrogen and oxygen atoms in total. The van der Waals surface area contributed by atoms with Crippen molar-refractivity contribution < 1.29 is 4.79 Å². The second-order valence-corrected chi connectivity index (χ2v) is 6.93. The van der Waals surface area contributed by atoms with Crippen LogP contribution in [0.4, 0.5) is 0 Å². The summed E-state index contributed by atoms with van der Waals surface area (Å²) in [5, 5.41) is 0. The Morgan fingerprint density at radius 3 is 2.56 bits per heavy atom. The molecule has 1 unspecified atom stereocenters. The molecule has 7 heteroatoms. The van der Waals surface area contributed by atoms with Crippen molar-refractivity contribution in [1.82, 2.24) is 14.7 Å². The van der Waals surface area contributed by atoms with Crippen LogP contribution in [0.1, 0.15) is 28.8 Å². The van der Waals surface area contributed by atoms with Gasteiger partial charge < -0.3 is 15.5 Å². The van der Waals surface area contributed by atoms with Gasteiger partial charge in [-0.05, 0) is 37.6 Å². The Kier molecular flexibility index (Phi) is 9.17. The number of nitrogens with zero attached hydrogens (tertiary/aromatic N) is 3. The number of nitrogens with two attached hydrogens (primary N) is 1. The molecule has 2 aliphatic rings. The van der Waals surface area contributed by atoms with E-state index in [1.54, 1.807) is 0 Å². The molecule has 3 rings (SSSR count). The molecule has 2 heterocycles. The maximum Gasteiger partial charge on any atom is 0.253 e. The van der Waals surface area contributed by atoms with Crippen LogP contribution in [0.15, 0.2) is 24.3 Å². The quantitative estimate of drug-likeness (QED) is 0.857. The molecule has 0 spiro atoms. The first-order valence-electron chi connectivity index (χ1n) is 8.66. The van der Waals surface area contributed by atoms with Crippen molar-refractivity contribution >= 4 is 30.7 Å². The van der Waals surface area contributed by atoms with E-state index in [9.17, 15) is 4.79 Å². The number of carbonyl (C=O) groups is 1. The molecule has 0 aromatic heterocycles. The van der Waals surface area contributed by atoms with Gasteiger partial charge in [-0.1, -0.05) is 12.1 Å². The molecule has 25 heavy (non-hydrogen) atoms. The van der Waals surface area contributed by atoms with Crippen molar-refractivity contribution in [1.29, 1.82) is 0 Å². The molecule has 2 aliphatic heterocycles. The fourth-order valence-corrected chi connectivity index (χ4v) is 3.44. The Morgan fingerprint density at radius 1 is 1.16 bits per heavy atom. The fourth-order valence-electron chi connectivity index (χ4n) is 3.44. The lowest BCUT2D eigenvalue weighted by molar-refractivity contribution is 0.0708. The summed E-state index contributed by atoms with van der Waals surface area (Å²) < 4.78 is 0. The Balaban J connectivity index is 0.00000156. The molecule has 2 N–H and O–H groups in total. The molecular formula is C18H30Cl2N4O. The van der Waals surface area contributed by atoms with Gasteiger partial charge in [0.2, 0.25) is 0 Å². The van der Waals surface area contributed by atoms with Crippen LogP contribution < -0.4 is 5.73 Å². The normalized spacial score (nSPS) is 22.0. The van der Waals surface area contributed by atoms with E-state index in [1.807, 2.05) is 17.0 Å². The summed E-state index contributed by atoms with van der Waals surface area (Å²) >= 11 is 0. The highest BCUT2D eigenvalue weighted by atomic mass is 35.5. The van der Waals surface area contributed by atoms with Crippen molar-refractivity contribution in [2.45, 2.75) is 25.4 Å². The number of likely N-dealkylation sites (tertiary alicyclic amines) is 1. The third-order valence-electron chi connectivity index (χ3n) is 4.92. The lowest BCUT2D eigenvalue weighted by Crippen LogP contribution is -2.45. The van der Waals surface area contributed by atoms with Crippen LogP contribution in [-0.4, -0.2) is 73.0 Å². The van der Waals surface area contributed by atoms with E-state index < -0.39 is 0 Å². The van der Waals surface area contributed by atoms with Gasteiger partial charge in [-0.15, -0.1) is 24.8 Å². The van der Waals surface area contributed by atoms with Crippen LogP contribution in [0, 0.1) is 0 Å². The van der Waals surface area contributed by atoms with Crippen molar-refractivity contribution in [3.63, 3.8) is 0 Å². The van der Waals surface area contributed by atoms with Crippen molar-refractivity contribution in [3.05, 3.63) is 35.4 Å². The second-order valence-electron chi connectivity index (χ2n) is 6.93. The summed E-state index contributed by atoms with van der Waals surface area (Å²) in [5.41, 5.74) is 8.02. The maximum absolute atomic E-state index is 12.7. The van der Waals surface area contributed by atoms with Crippen molar-refractivity contribution in [2.24, 2.45) is 5.73 Å². The van der Waals surface area contributed by atoms with Gasteiger partial charge in [-0.2, -0.15) is 0 Å². The summed E-state index contributed by atoms with van der Waals surface area (Å²) in [7, 11) is 2.17. The van der Waals surface area contributed by atoms with Crippen LogP contribution in [0.5, 0.6) is 0 Å². The summed E-state index contributed by atoms with van der Waals surface area (Å²) in [6, 6.07) is 8.23. The zero-order valence-electron chi connectivity index (χ0n) is 14.9. The minimum atomic E-state index is 0. The minimum Gasteiger partial charge on any atom is -0.337 e. The predicted molar refractivity (Wildman–Crippen MR) is 107 cm³/mol. The number of piperidine rings is 1. The maximum atomic E-state index is 12.7. The molecule has 2 saturated heterocycles. The van der Waals surface area contributed by atoms with Gasteiger partial charge in [-0.25, -0.2) is 0 Å². The Bertz CT molecular complexity index is 550. The van der Waals surface area contributed by atoms with Crippen LogP contribution in [0.2, 0.25) is 0 Å². The summed E-state index contributed by atoms with van der Waals surface area (Å²) in [5.74, 6) is 0.125. The molecule has 1 amide bonds. The van der Waals surface area contributed by atoms with E-state index in [0.29, 0.717) is 6.54 Å². The summed E-state index contributed by atoms with van der Waals surface area (Å²) in [6.45, 7) is 6.85.